The second-order valence-corrected chi connectivity index (χ2v) is 4.34. The molecule has 0 amide bonds. The van der Waals surface area contributed by atoms with Gasteiger partial charge in [-0.15, -0.1) is 0 Å². The van der Waals surface area contributed by atoms with Gasteiger partial charge in [0.2, 0.25) is 0 Å². The number of anilines is 1. The Labute approximate surface area is 116 Å². The molecule has 0 aliphatic carbocycles. The maximum absolute atomic E-state index is 5.98. The minimum atomic E-state index is 0.693. The van der Waals surface area contributed by atoms with E-state index in [9.17, 15) is 0 Å². The first kappa shape index (κ1) is 12.2. The molecule has 0 atom stereocenters. The summed E-state index contributed by atoms with van der Waals surface area (Å²) in [6.07, 6.45) is 7.09. The highest BCUT2D eigenvalue weighted by Crippen LogP contribution is 2.26. The Morgan fingerprint density at radius 1 is 1.15 bits per heavy atom. The topological polar surface area (TPSA) is 66.0 Å². The number of methoxy groups -OCH3 is 1. The van der Waals surface area contributed by atoms with Crippen molar-refractivity contribution < 1.29 is 4.74 Å². The lowest BCUT2D eigenvalue weighted by Crippen LogP contribution is -1.96. The van der Waals surface area contributed by atoms with Crippen molar-refractivity contribution in [1.29, 1.82) is 0 Å². The Bertz CT molecular complexity index is 736. The van der Waals surface area contributed by atoms with Gasteiger partial charge in [-0.3, -0.25) is 4.98 Å². The Balaban J connectivity index is 2.00. The van der Waals surface area contributed by atoms with E-state index in [0.717, 1.165) is 22.5 Å². The summed E-state index contributed by atoms with van der Waals surface area (Å²) in [7, 11) is 1.61. The van der Waals surface area contributed by atoms with Crippen LogP contribution in [0.5, 0.6) is 5.75 Å². The summed E-state index contributed by atoms with van der Waals surface area (Å²) in [5, 5.41) is 4.34. The van der Waals surface area contributed by atoms with Crippen molar-refractivity contribution in [3.63, 3.8) is 0 Å². The fourth-order valence-corrected chi connectivity index (χ4v) is 2.01. The molecule has 0 spiro atoms. The average molecular weight is 266 g/mol. The predicted octanol–water partition coefficient (Wildman–Crippen LogP) is 2.53. The second-order valence-electron chi connectivity index (χ2n) is 4.34. The number of benzene rings is 1. The van der Waals surface area contributed by atoms with Crippen LogP contribution in [0.3, 0.4) is 0 Å². The van der Waals surface area contributed by atoms with Crippen LogP contribution < -0.4 is 10.5 Å². The highest BCUT2D eigenvalue weighted by atomic mass is 16.5. The molecular weight excluding hydrogens is 252 g/mol. The van der Waals surface area contributed by atoms with Gasteiger partial charge in [-0.05, 0) is 6.07 Å². The van der Waals surface area contributed by atoms with Crippen LogP contribution in [-0.4, -0.2) is 21.9 Å². The van der Waals surface area contributed by atoms with Crippen LogP contribution in [0.15, 0.2) is 55.1 Å². The van der Waals surface area contributed by atoms with Gasteiger partial charge in [-0.2, -0.15) is 5.10 Å². The molecule has 0 bridgehead atoms. The molecule has 0 aliphatic heterocycles. The maximum Gasteiger partial charge on any atom is 0.139 e. The first-order valence-electron chi connectivity index (χ1n) is 6.17. The minimum absolute atomic E-state index is 0.693. The number of ether oxygens (including phenoxy) is 1. The molecule has 0 saturated heterocycles. The van der Waals surface area contributed by atoms with E-state index < -0.39 is 0 Å². The van der Waals surface area contributed by atoms with Crippen molar-refractivity contribution in [3.05, 3.63) is 55.1 Å². The normalized spacial score (nSPS) is 10.4. The van der Waals surface area contributed by atoms with E-state index >= 15 is 0 Å². The van der Waals surface area contributed by atoms with Gasteiger partial charge in [0, 0.05) is 29.1 Å². The van der Waals surface area contributed by atoms with Gasteiger partial charge >= 0.3 is 0 Å². The van der Waals surface area contributed by atoms with E-state index in [1.165, 1.54) is 0 Å². The Kier molecular flexibility index (Phi) is 3.09. The molecule has 20 heavy (non-hydrogen) atoms. The third-order valence-corrected chi connectivity index (χ3v) is 3.05. The molecule has 0 radical (unpaired) electrons. The Morgan fingerprint density at radius 2 is 2.00 bits per heavy atom. The van der Waals surface area contributed by atoms with Crippen molar-refractivity contribution in [3.8, 4) is 22.6 Å². The summed E-state index contributed by atoms with van der Waals surface area (Å²) < 4.78 is 6.91. The highest BCUT2D eigenvalue weighted by Gasteiger charge is 2.06. The fourth-order valence-electron chi connectivity index (χ4n) is 2.01. The standard InChI is InChI=1S/C15H14N4O/c1-20-13-6-12(8-17-9-13)19-10-11(7-18-19)14-4-2-3-5-15(14)16/h2-10H,16H2,1H3. The van der Waals surface area contributed by atoms with Crippen molar-refractivity contribution in [2.75, 3.05) is 12.8 Å². The van der Waals surface area contributed by atoms with E-state index in [1.54, 1.807) is 30.4 Å². The number of rotatable bonds is 3. The number of hydrogen-bond donors (Lipinski definition) is 1. The van der Waals surface area contributed by atoms with Crippen molar-refractivity contribution >= 4 is 5.69 Å². The molecule has 1 aromatic carbocycles. The quantitative estimate of drug-likeness (QED) is 0.740. The monoisotopic (exact) mass is 266 g/mol. The Hall–Kier alpha value is -2.82. The molecule has 2 N–H and O–H groups in total. The number of nitrogens with two attached hydrogens (primary N) is 1. The molecule has 3 rings (SSSR count). The summed E-state index contributed by atoms with van der Waals surface area (Å²) in [5.41, 5.74) is 9.48. The van der Waals surface area contributed by atoms with Crippen LogP contribution in [0.4, 0.5) is 5.69 Å². The lowest BCUT2D eigenvalue weighted by molar-refractivity contribution is 0.412. The van der Waals surface area contributed by atoms with Gasteiger partial charge < -0.3 is 10.5 Å². The van der Waals surface area contributed by atoms with Gasteiger partial charge in [0.05, 0.1) is 31.4 Å². The smallest absolute Gasteiger partial charge is 0.139 e. The minimum Gasteiger partial charge on any atom is -0.495 e. The largest absolute Gasteiger partial charge is 0.495 e. The van der Waals surface area contributed by atoms with E-state index in [-0.39, 0.29) is 0 Å². The SMILES string of the molecule is COc1cncc(-n2cc(-c3ccccc3N)cn2)c1. The predicted molar refractivity (Wildman–Crippen MR) is 77.8 cm³/mol. The zero-order chi connectivity index (χ0) is 13.9. The molecule has 5 nitrogen and oxygen atoms in total. The summed E-state index contributed by atoms with van der Waals surface area (Å²) in [6.45, 7) is 0. The van der Waals surface area contributed by atoms with Crippen LogP contribution in [0.25, 0.3) is 16.8 Å². The summed E-state index contributed by atoms with van der Waals surface area (Å²) >= 11 is 0. The van der Waals surface area contributed by atoms with Gasteiger partial charge in [0.1, 0.15) is 5.75 Å². The average Bonchev–Trinajstić information content (AvgIpc) is 2.97. The zero-order valence-corrected chi connectivity index (χ0v) is 11.0. The molecule has 2 aromatic heterocycles. The van der Waals surface area contributed by atoms with Crippen LogP contribution in [0, 0.1) is 0 Å². The first-order chi connectivity index (χ1) is 9.78. The molecular formula is C15H14N4O. The third-order valence-electron chi connectivity index (χ3n) is 3.05. The van der Waals surface area contributed by atoms with E-state index in [4.69, 9.17) is 10.5 Å². The number of para-hydroxylation sites is 1. The zero-order valence-electron chi connectivity index (χ0n) is 11.0. The molecule has 3 aromatic rings. The van der Waals surface area contributed by atoms with E-state index in [1.807, 2.05) is 36.5 Å². The number of hydrogen-bond acceptors (Lipinski definition) is 4. The summed E-state index contributed by atoms with van der Waals surface area (Å²) in [4.78, 5) is 4.12. The summed E-state index contributed by atoms with van der Waals surface area (Å²) in [6, 6.07) is 9.59. The molecule has 2 heterocycles. The third kappa shape index (κ3) is 2.21. The van der Waals surface area contributed by atoms with Gasteiger partial charge in [0.25, 0.3) is 0 Å². The van der Waals surface area contributed by atoms with Crippen LogP contribution in [-0.2, 0) is 0 Å². The fraction of sp³-hybridized carbons (Fsp3) is 0.0667. The van der Waals surface area contributed by atoms with Crippen molar-refractivity contribution in [2.45, 2.75) is 0 Å². The first-order valence-corrected chi connectivity index (χ1v) is 6.17. The van der Waals surface area contributed by atoms with Gasteiger partial charge in [-0.1, -0.05) is 18.2 Å². The molecule has 0 unspecified atom stereocenters. The molecule has 0 fully saturated rings. The number of nitrogen functional groups attached to an aromatic ring is 1. The number of pyridine rings is 1. The van der Waals surface area contributed by atoms with E-state index in [0.29, 0.717) is 5.75 Å². The van der Waals surface area contributed by atoms with E-state index in [2.05, 4.69) is 10.1 Å². The van der Waals surface area contributed by atoms with Crippen LogP contribution >= 0.6 is 0 Å². The summed E-state index contributed by atoms with van der Waals surface area (Å²) in [5.74, 6) is 0.693. The van der Waals surface area contributed by atoms with Gasteiger partial charge in [-0.25, -0.2) is 4.68 Å². The highest BCUT2D eigenvalue weighted by molar-refractivity contribution is 5.75. The molecule has 0 saturated carbocycles. The second kappa shape index (κ2) is 5.05. The van der Waals surface area contributed by atoms with Crippen molar-refractivity contribution in [1.82, 2.24) is 14.8 Å². The Morgan fingerprint density at radius 3 is 2.80 bits per heavy atom. The maximum atomic E-state index is 5.98. The lowest BCUT2D eigenvalue weighted by Gasteiger charge is -2.04. The number of aromatic nitrogens is 3. The van der Waals surface area contributed by atoms with Gasteiger partial charge in [0.15, 0.2) is 0 Å². The van der Waals surface area contributed by atoms with Crippen LogP contribution in [0.2, 0.25) is 0 Å². The molecule has 0 aliphatic rings. The van der Waals surface area contributed by atoms with Crippen molar-refractivity contribution in [2.24, 2.45) is 0 Å². The molecule has 100 valence electrons. The molecule has 5 heteroatoms. The van der Waals surface area contributed by atoms with Crippen LogP contribution in [0.1, 0.15) is 0 Å². The number of nitrogens with zero attached hydrogens (tertiary/aromatic N) is 3. The lowest BCUT2D eigenvalue weighted by atomic mass is 10.1.